The molecule has 1 heterocycles. The van der Waals surface area contributed by atoms with Crippen LogP contribution in [0.25, 0.3) is 5.57 Å². The maximum absolute atomic E-state index is 13.5. The third-order valence-electron chi connectivity index (χ3n) is 7.14. The van der Waals surface area contributed by atoms with Crippen molar-refractivity contribution in [2.24, 2.45) is 5.92 Å². The van der Waals surface area contributed by atoms with Gasteiger partial charge >= 0.3 is 0 Å². The van der Waals surface area contributed by atoms with Gasteiger partial charge in [-0.2, -0.15) is 0 Å². The summed E-state index contributed by atoms with van der Waals surface area (Å²) in [6.45, 7) is 3.34. The third kappa shape index (κ3) is 6.26. The normalized spacial score (nSPS) is 18.3. The summed E-state index contributed by atoms with van der Waals surface area (Å²) in [5, 5.41) is 0. The number of nitrogens with zero attached hydrogens (tertiary/aromatic N) is 1. The summed E-state index contributed by atoms with van der Waals surface area (Å²) in [7, 11) is 0. The number of benzene rings is 2. The van der Waals surface area contributed by atoms with Crippen LogP contribution in [0, 0.1) is 17.6 Å². The van der Waals surface area contributed by atoms with Crippen molar-refractivity contribution in [1.29, 1.82) is 0 Å². The van der Waals surface area contributed by atoms with Crippen molar-refractivity contribution in [2.75, 3.05) is 19.6 Å². The van der Waals surface area contributed by atoms with E-state index in [1.54, 1.807) is 0 Å². The Morgan fingerprint density at radius 2 is 1.29 bits per heavy atom. The predicted octanol–water partition coefficient (Wildman–Crippen LogP) is 7.61. The Morgan fingerprint density at radius 3 is 1.84 bits per heavy atom. The molecule has 2 aromatic rings. The van der Waals surface area contributed by atoms with Gasteiger partial charge in [0.1, 0.15) is 11.6 Å². The Balaban J connectivity index is 1.37. The first-order valence-corrected chi connectivity index (χ1v) is 12.2. The lowest BCUT2D eigenvalue weighted by atomic mass is 9.85. The zero-order valence-electron chi connectivity index (χ0n) is 18.6. The first kappa shape index (κ1) is 22.2. The fraction of sp³-hybridized carbons (Fsp3) is 0.500. The molecular weight excluding hydrogens is 388 g/mol. The van der Waals surface area contributed by atoms with E-state index in [1.807, 2.05) is 24.3 Å². The molecule has 1 saturated carbocycles. The minimum atomic E-state index is -0.227. The van der Waals surface area contributed by atoms with Crippen molar-refractivity contribution in [2.45, 2.75) is 64.2 Å². The predicted molar refractivity (Wildman–Crippen MR) is 125 cm³/mol. The van der Waals surface area contributed by atoms with E-state index < -0.39 is 0 Å². The van der Waals surface area contributed by atoms with E-state index in [-0.39, 0.29) is 11.6 Å². The first-order valence-electron chi connectivity index (χ1n) is 12.2. The highest BCUT2D eigenvalue weighted by Gasteiger charge is 2.19. The van der Waals surface area contributed by atoms with Crippen molar-refractivity contribution in [1.82, 2.24) is 4.90 Å². The summed E-state index contributed by atoms with van der Waals surface area (Å²) in [4.78, 5) is 2.59. The van der Waals surface area contributed by atoms with E-state index in [1.165, 1.54) is 87.7 Å². The molecule has 0 bridgehead atoms. The molecule has 0 N–H and O–H groups in total. The molecule has 3 heteroatoms. The number of likely N-dealkylation sites (tertiary alicyclic amines) is 1. The highest BCUT2D eigenvalue weighted by molar-refractivity contribution is 5.82. The molecule has 0 unspecified atom stereocenters. The zero-order valence-corrected chi connectivity index (χ0v) is 18.6. The summed E-state index contributed by atoms with van der Waals surface area (Å²) >= 11 is 0. The van der Waals surface area contributed by atoms with Gasteiger partial charge in [0, 0.05) is 13.1 Å². The fourth-order valence-corrected chi connectivity index (χ4v) is 5.35. The average molecular weight is 424 g/mol. The number of unbranched alkanes of at least 4 members (excludes halogenated alkanes) is 1. The summed E-state index contributed by atoms with van der Waals surface area (Å²) < 4.78 is 27.0. The molecule has 0 radical (unpaired) electrons. The molecule has 1 saturated heterocycles. The van der Waals surface area contributed by atoms with Gasteiger partial charge in [0.25, 0.3) is 0 Å². The number of hydrogen-bond donors (Lipinski definition) is 0. The Morgan fingerprint density at radius 1 is 0.742 bits per heavy atom. The topological polar surface area (TPSA) is 3.24 Å². The lowest BCUT2D eigenvalue weighted by Crippen LogP contribution is -2.32. The second-order valence-corrected chi connectivity index (χ2v) is 9.33. The van der Waals surface area contributed by atoms with Crippen molar-refractivity contribution in [3.8, 4) is 0 Å². The van der Waals surface area contributed by atoms with Gasteiger partial charge in [-0.3, -0.25) is 0 Å². The Labute approximate surface area is 186 Å². The average Bonchev–Trinajstić information content (AvgIpc) is 2.81. The van der Waals surface area contributed by atoms with E-state index in [9.17, 15) is 8.78 Å². The van der Waals surface area contributed by atoms with Gasteiger partial charge < -0.3 is 4.90 Å². The molecule has 0 spiro atoms. The van der Waals surface area contributed by atoms with Gasteiger partial charge in [0.15, 0.2) is 0 Å². The van der Waals surface area contributed by atoms with E-state index in [2.05, 4.69) is 4.90 Å². The monoisotopic (exact) mass is 423 g/mol. The van der Waals surface area contributed by atoms with Crippen LogP contribution in [0.3, 0.4) is 0 Å². The molecule has 0 aromatic heterocycles. The summed E-state index contributed by atoms with van der Waals surface area (Å²) in [5.74, 6) is 0.532. The zero-order chi connectivity index (χ0) is 21.5. The van der Waals surface area contributed by atoms with Gasteiger partial charge in [-0.15, -0.1) is 0 Å². The molecular formula is C28H35F2N. The Hall–Kier alpha value is -2.00. The van der Waals surface area contributed by atoms with Crippen LogP contribution in [0.5, 0.6) is 0 Å². The molecule has 4 rings (SSSR count). The fourth-order valence-electron chi connectivity index (χ4n) is 5.35. The van der Waals surface area contributed by atoms with Gasteiger partial charge in [-0.25, -0.2) is 8.78 Å². The van der Waals surface area contributed by atoms with Crippen LogP contribution in [0.2, 0.25) is 0 Å². The molecule has 166 valence electrons. The Bertz CT molecular complexity index is 790. The van der Waals surface area contributed by atoms with Crippen LogP contribution in [0.4, 0.5) is 8.78 Å². The largest absolute Gasteiger partial charge is 0.303 e. The molecule has 0 amide bonds. The van der Waals surface area contributed by atoms with Crippen molar-refractivity contribution in [3.05, 3.63) is 76.9 Å². The van der Waals surface area contributed by atoms with Crippen molar-refractivity contribution in [3.63, 3.8) is 0 Å². The van der Waals surface area contributed by atoms with Crippen LogP contribution in [-0.2, 0) is 0 Å². The summed E-state index contributed by atoms with van der Waals surface area (Å²) in [5.41, 5.74) is 4.58. The highest BCUT2D eigenvalue weighted by Crippen LogP contribution is 2.33. The summed E-state index contributed by atoms with van der Waals surface area (Å²) in [6.07, 6.45) is 13.3. The van der Waals surface area contributed by atoms with Crippen LogP contribution >= 0.6 is 0 Å². The standard InChI is InChI=1S/C28H35F2N/c29-26-13-9-23(10-14-26)28(24-11-15-27(30)16-12-24)25-17-20-31(21-18-25)19-5-4-8-22-6-2-1-3-7-22/h9-16,22H,1-8,17-21H2. The van der Waals surface area contributed by atoms with Crippen LogP contribution in [-0.4, -0.2) is 24.5 Å². The minimum absolute atomic E-state index is 0.227. The second-order valence-electron chi connectivity index (χ2n) is 9.33. The van der Waals surface area contributed by atoms with E-state index in [0.717, 1.165) is 48.5 Å². The molecule has 2 fully saturated rings. The number of rotatable bonds is 7. The first-order chi connectivity index (χ1) is 15.2. The molecule has 31 heavy (non-hydrogen) atoms. The molecule has 1 aliphatic carbocycles. The lowest BCUT2D eigenvalue weighted by molar-refractivity contribution is 0.244. The van der Waals surface area contributed by atoms with Gasteiger partial charge in [0.2, 0.25) is 0 Å². The number of hydrogen-bond acceptors (Lipinski definition) is 1. The maximum Gasteiger partial charge on any atom is 0.123 e. The SMILES string of the molecule is Fc1ccc(C(=C2CCN(CCCCC3CCCCC3)CC2)c2ccc(F)cc2)cc1. The lowest BCUT2D eigenvalue weighted by Gasteiger charge is -2.30. The smallest absolute Gasteiger partial charge is 0.123 e. The second kappa shape index (κ2) is 11.0. The molecule has 1 aliphatic heterocycles. The molecule has 0 atom stereocenters. The molecule has 1 nitrogen and oxygen atoms in total. The van der Waals surface area contributed by atoms with Gasteiger partial charge in [0.05, 0.1) is 0 Å². The van der Waals surface area contributed by atoms with Crippen LogP contribution in [0.1, 0.15) is 75.3 Å². The minimum Gasteiger partial charge on any atom is -0.303 e. The van der Waals surface area contributed by atoms with Crippen LogP contribution in [0.15, 0.2) is 54.1 Å². The Kier molecular flexibility index (Phi) is 7.91. The van der Waals surface area contributed by atoms with Gasteiger partial charge in [-0.1, -0.05) is 74.8 Å². The van der Waals surface area contributed by atoms with Gasteiger partial charge in [-0.05, 0) is 72.7 Å². The molecule has 2 aliphatic rings. The highest BCUT2D eigenvalue weighted by atomic mass is 19.1. The quantitative estimate of drug-likeness (QED) is 0.414. The van der Waals surface area contributed by atoms with E-state index in [0.29, 0.717) is 0 Å². The number of halogens is 2. The van der Waals surface area contributed by atoms with E-state index in [4.69, 9.17) is 0 Å². The molecule has 2 aromatic carbocycles. The third-order valence-corrected chi connectivity index (χ3v) is 7.14. The van der Waals surface area contributed by atoms with Crippen molar-refractivity contribution < 1.29 is 8.78 Å². The van der Waals surface area contributed by atoms with E-state index >= 15 is 0 Å². The number of piperidine rings is 1. The van der Waals surface area contributed by atoms with Crippen LogP contribution < -0.4 is 0 Å². The summed E-state index contributed by atoms with van der Waals surface area (Å²) in [6, 6.07) is 13.4. The maximum atomic E-state index is 13.5. The van der Waals surface area contributed by atoms with Crippen molar-refractivity contribution >= 4 is 5.57 Å².